The number of hydrogen-bond acceptors (Lipinski definition) is 3. The minimum atomic E-state index is -0.147. The van der Waals surface area contributed by atoms with Gasteiger partial charge in [-0.25, -0.2) is 0 Å². The van der Waals surface area contributed by atoms with Gasteiger partial charge in [0.1, 0.15) is 11.4 Å². The molecule has 1 amide bonds. The van der Waals surface area contributed by atoms with E-state index in [9.17, 15) is 4.79 Å². The van der Waals surface area contributed by atoms with Crippen molar-refractivity contribution in [2.24, 2.45) is 0 Å². The highest BCUT2D eigenvalue weighted by Crippen LogP contribution is 2.43. The molecule has 1 atom stereocenters. The first-order valence-electron chi connectivity index (χ1n) is 11.3. The Labute approximate surface area is 184 Å². The summed E-state index contributed by atoms with van der Waals surface area (Å²) in [5.41, 5.74) is 5.73. The number of hydrogen-bond donors (Lipinski definition) is 1. The second kappa shape index (κ2) is 9.38. The molecule has 1 aliphatic rings. The molecule has 1 aromatic heterocycles. The van der Waals surface area contributed by atoms with Gasteiger partial charge in [-0.1, -0.05) is 68.7 Å². The Kier molecular flexibility index (Phi) is 6.40. The van der Waals surface area contributed by atoms with E-state index in [0.29, 0.717) is 12.2 Å². The number of rotatable bonds is 9. The molecule has 31 heavy (non-hydrogen) atoms. The van der Waals surface area contributed by atoms with E-state index in [4.69, 9.17) is 4.74 Å². The van der Waals surface area contributed by atoms with Crippen LogP contribution in [0.1, 0.15) is 72.8 Å². The van der Waals surface area contributed by atoms with Gasteiger partial charge in [0, 0.05) is 17.7 Å². The highest BCUT2D eigenvalue weighted by molar-refractivity contribution is 6.00. The fourth-order valence-corrected chi connectivity index (χ4v) is 4.23. The lowest BCUT2D eigenvalue weighted by atomic mass is 9.95. The third kappa shape index (κ3) is 4.22. The van der Waals surface area contributed by atoms with E-state index in [1.54, 1.807) is 0 Å². The summed E-state index contributed by atoms with van der Waals surface area (Å²) in [5, 5.41) is 7.56. The Bertz CT molecular complexity index is 1020. The average molecular weight is 418 g/mol. The second-order valence-electron chi connectivity index (χ2n) is 8.25. The predicted molar refractivity (Wildman–Crippen MR) is 123 cm³/mol. The highest BCUT2D eigenvalue weighted by atomic mass is 16.5. The van der Waals surface area contributed by atoms with Crippen LogP contribution in [0.3, 0.4) is 0 Å². The number of aromatic amines is 1. The van der Waals surface area contributed by atoms with E-state index in [0.717, 1.165) is 47.6 Å². The topological polar surface area (TPSA) is 58.2 Å². The summed E-state index contributed by atoms with van der Waals surface area (Å²) < 4.78 is 5.88. The van der Waals surface area contributed by atoms with Crippen LogP contribution in [-0.4, -0.2) is 34.2 Å². The Morgan fingerprint density at radius 1 is 1.00 bits per heavy atom. The lowest BCUT2D eigenvalue weighted by Crippen LogP contribution is -2.30. The van der Waals surface area contributed by atoms with Crippen molar-refractivity contribution in [2.45, 2.75) is 52.5 Å². The number of aromatic nitrogens is 2. The molecule has 0 saturated heterocycles. The molecule has 1 N–H and O–H groups in total. The minimum Gasteiger partial charge on any atom is -0.494 e. The Morgan fingerprint density at radius 3 is 2.42 bits per heavy atom. The number of aryl methyl sites for hydroxylation is 1. The van der Waals surface area contributed by atoms with Crippen LogP contribution >= 0.6 is 0 Å². The van der Waals surface area contributed by atoms with Crippen LogP contribution in [0.4, 0.5) is 0 Å². The van der Waals surface area contributed by atoms with Gasteiger partial charge in [-0.05, 0) is 37.5 Å². The van der Waals surface area contributed by atoms with Crippen LogP contribution in [0, 0.1) is 6.92 Å². The summed E-state index contributed by atoms with van der Waals surface area (Å²) in [7, 11) is 0. The molecule has 2 heterocycles. The predicted octanol–water partition coefficient (Wildman–Crippen LogP) is 5.91. The third-order valence-electron chi connectivity index (χ3n) is 5.87. The monoisotopic (exact) mass is 417 g/mol. The zero-order valence-corrected chi connectivity index (χ0v) is 18.6. The molecule has 2 aromatic carbocycles. The number of H-pyrrole nitrogens is 1. The van der Waals surface area contributed by atoms with E-state index < -0.39 is 0 Å². The van der Waals surface area contributed by atoms with Crippen LogP contribution in [0.5, 0.6) is 5.75 Å². The first-order chi connectivity index (χ1) is 15.1. The smallest absolute Gasteiger partial charge is 0.273 e. The molecule has 3 aromatic rings. The molecule has 0 saturated carbocycles. The van der Waals surface area contributed by atoms with Crippen molar-refractivity contribution in [1.82, 2.24) is 15.1 Å². The summed E-state index contributed by atoms with van der Waals surface area (Å²) in [6, 6.07) is 16.3. The van der Waals surface area contributed by atoms with Crippen molar-refractivity contribution in [3.8, 4) is 17.0 Å². The molecule has 1 unspecified atom stereocenters. The van der Waals surface area contributed by atoms with E-state index in [-0.39, 0.29) is 11.9 Å². The van der Waals surface area contributed by atoms with Crippen LogP contribution < -0.4 is 4.74 Å². The number of carbonyl (C=O) groups is 1. The van der Waals surface area contributed by atoms with Gasteiger partial charge >= 0.3 is 0 Å². The molecular formula is C26H31N3O2. The molecule has 4 rings (SSSR count). The normalized spacial score (nSPS) is 15.4. The lowest BCUT2D eigenvalue weighted by molar-refractivity contribution is 0.0744. The molecule has 0 spiro atoms. The number of nitrogens with zero attached hydrogens (tertiary/aromatic N) is 2. The van der Waals surface area contributed by atoms with Gasteiger partial charge in [0.25, 0.3) is 5.91 Å². The molecule has 0 radical (unpaired) electrons. The van der Waals surface area contributed by atoms with Gasteiger partial charge in [0.2, 0.25) is 0 Å². The first kappa shape index (κ1) is 21.2. The fourth-order valence-electron chi connectivity index (χ4n) is 4.23. The van der Waals surface area contributed by atoms with Gasteiger partial charge in [0.15, 0.2) is 0 Å². The summed E-state index contributed by atoms with van der Waals surface area (Å²) in [6.07, 6.45) is 4.33. The zero-order valence-electron chi connectivity index (χ0n) is 18.6. The lowest BCUT2D eigenvalue weighted by Gasteiger charge is -2.26. The first-order valence-corrected chi connectivity index (χ1v) is 11.3. The number of carbonyl (C=O) groups excluding carboxylic acids is 1. The van der Waals surface area contributed by atoms with Gasteiger partial charge < -0.3 is 9.64 Å². The maximum atomic E-state index is 13.2. The van der Waals surface area contributed by atoms with E-state index in [2.05, 4.69) is 67.4 Å². The molecule has 162 valence electrons. The van der Waals surface area contributed by atoms with Crippen LogP contribution in [0.25, 0.3) is 11.3 Å². The number of amides is 1. The quantitative estimate of drug-likeness (QED) is 0.440. The van der Waals surface area contributed by atoms with Crippen molar-refractivity contribution in [2.75, 3.05) is 13.2 Å². The van der Waals surface area contributed by atoms with Crippen LogP contribution in [-0.2, 0) is 0 Å². The molecule has 0 fully saturated rings. The van der Waals surface area contributed by atoms with E-state index in [1.807, 2.05) is 17.0 Å². The van der Waals surface area contributed by atoms with E-state index in [1.165, 1.54) is 18.4 Å². The number of unbranched alkanes of at least 4 members (excludes halogenated alkanes) is 2. The molecule has 1 aliphatic heterocycles. The molecule has 5 nitrogen and oxygen atoms in total. The number of fused-ring (bicyclic) bond motifs is 1. The number of nitrogens with one attached hydrogen (secondary N) is 1. The SMILES string of the molecule is CCCCCOc1ccc(C2c3c(-c4ccc(C)cc4)n[nH]c3C(=O)N2CCC)cc1. The van der Waals surface area contributed by atoms with Crippen molar-refractivity contribution in [1.29, 1.82) is 0 Å². The summed E-state index contributed by atoms with van der Waals surface area (Å²) >= 11 is 0. The van der Waals surface area contributed by atoms with Crippen molar-refractivity contribution >= 4 is 5.91 Å². The van der Waals surface area contributed by atoms with Gasteiger partial charge in [-0.15, -0.1) is 0 Å². The van der Waals surface area contributed by atoms with Crippen molar-refractivity contribution in [3.63, 3.8) is 0 Å². The van der Waals surface area contributed by atoms with Crippen LogP contribution in [0.2, 0.25) is 0 Å². The molecule has 5 heteroatoms. The summed E-state index contributed by atoms with van der Waals surface area (Å²) in [4.78, 5) is 15.1. The maximum absolute atomic E-state index is 13.2. The largest absolute Gasteiger partial charge is 0.494 e. The Morgan fingerprint density at radius 2 is 1.74 bits per heavy atom. The Balaban J connectivity index is 1.67. The second-order valence-corrected chi connectivity index (χ2v) is 8.25. The fraction of sp³-hybridized carbons (Fsp3) is 0.385. The number of ether oxygens (including phenoxy) is 1. The molecule has 0 bridgehead atoms. The van der Waals surface area contributed by atoms with Gasteiger partial charge in [-0.2, -0.15) is 5.10 Å². The number of benzene rings is 2. The van der Waals surface area contributed by atoms with Gasteiger partial charge in [-0.3, -0.25) is 9.89 Å². The molecule has 0 aliphatic carbocycles. The van der Waals surface area contributed by atoms with Crippen molar-refractivity contribution in [3.05, 3.63) is 70.9 Å². The molecular weight excluding hydrogens is 386 g/mol. The van der Waals surface area contributed by atoms with Crippen molar-refractivity contribution < 1.29 is 9.53 Å². The zero-order chi connectivity index (χ0) is 21.8. The van der Waals surface area contributed by atoms with Gasteiger partial charge in [0.05, 0.1) is 18.3 Å². The highest BCUT2D eigenvalue weighted by Gasteiger charge is 2.41. The standard InChI is InChI=1S/C26H31N3O2/c1-4-6-7-17-31-21-14-12-20(13-15-21)25-22-23(19-10-8-18(3)9-11-19)27-28-24(22)26(30)29(25)16-5-2/h8-15,25H,4-7,16-17H2,1-3H3,(H,27,28). The van der Waals surface area contributed by atoms with Crippen LogP contribution in [0.15, 0.2) is 48.5 Å². The van der Waals surface area contributed by atoms with E-state index >= 15 is 0 Å². The third-order valence-corrected chi connectivity index (χ3v) is 5.87. The Hall–Kier alpha value is -3.08. The average Bonchev–Trinajstić information content (AvgIpc) is 3.32. The summed E-state index contributed by atoms with van der Waals surface area (Å²) in [5.74, 6) is 0.894. The maximum Gasteiger partial charge on any atom is 0.273 e. The minimum absolute atomic E-state index is 0.0209. The summed E-state index contributed by atoms with van der Waals surface area (Å²) in [6.45, 7) is 7.80.